The first-order chi connectivity index (χ1) is 15.7. The van der Waals surface area contributed by atoms with Crippen LogP contribution in [-0.4, -0.2) is 25.6 Å². The van der Waals surface area contributed by atoms with Gasteiger partial charge >= 0.3 is 0 Å². The van der Waals surface area contributed by atoms with Crippen LogP contribution >= 0.6 is 0 Å². The number of sulfonamides is 1. The molecule has 8 heteroatoms. The highest BCUT2D eigenvalue weighted by molar-refractivity contribution is 7.92. The van der Waals surface area contributed by atoms with E-state index in [0.717, 1.165) is 36.0 Å². The predicted molar refractivity (Wildman–Crippen MR) is 129 cm³/mol. The Morgan fingerprint density at radius 1 is 1.03 bits per heavy atom. The molecule has 0 aliphatic heterocycles. The standard InChI is InChI=1S/C25H26FN3O3S/c1-18-8-11-21(23(28-18)13-9-19-6-4-3-5-7-19)12-15-25(30)27-17-20-10-14-24(22(26)16-20)29-33(2,31)32/h3-8,10-12,14-16,29H,9,13,17H2,1-2H3,(H,27,30)/b15-12+. The SMILES string of the molecule is Cc1ccc(/C=C/C(=O)NCc2ccc(NS(C)(=O)=O)c(F)c2)c(CCc2ccccc2)n1. The second-order valence-corrected chi connectivity index (χ2v) is 9.46. The Balaban J connectivity index is 1.61. The van der Waals surface area contributed by atoms with Crippen LogP contribution in [0.3, 0.4) is 0 Å². The van der Waals surface area contributed by atoms with Crippen molar-refractivity contribution in [2.24, 2.45) is 0 Å². The summed E-state index contributed by atoms with van der Waals surface area (Å²) in [5.74, 6) is -1.04. The van der Waals surface area contributed by atoms with Crippen molar-refractivity contribution in [1.82, 2.24) is 10.3 Å². The highest BCUT2D eigenvalue weighted by Crippen LogP contribution is 2.17. The molecule has 2 N–H and O–H groups in total. The van der Waals surface area contributed by atoms with Gasteiger partial charge < -0.3 is 5.32 Å². The number of aryl methyl sites for hydroxylation is 3. The zero-order chi connectivity index (χ0) is 23.8. The van der Waals surface area contributed by atoms with E-state index in [1.165, 1.54) is 23.8 Å². The lowest BCUT2D eigenvalue weighted by Crippen LogP contribution is -2.20. The van der Waals surface area contributed by atoms with Gasteiger partial charge in [0, 0.05) is 24.0 Å². The average Bonchev–Trinajstić information content (AvgIpc) is 2.77. The van der Waals surface area contributed by atoms with Gasteiger partial charge in [0.15, 0.2) is 0 Å². The summed E-state index contributed by atoms with van der Waals surface area (Å²) in [6.45, 7) is 2.04. The van der Waals surface area contributed by atoms with Crippen LogP contribution in [0.5, 0.6) is 0 Å². The summed E-state index contributed by atoms with van der Waals surface area (Å²) in [6, 6.07) is 18.0. The number of hydrogen-bond donors (Lipinski definition) is 2. The van der Waals surface area contributed by atoms with E-state index in [9.17, 15) is 17.6 Å². The van der Waals surface area contributed by atoms with Crippen LogP contribution in [0.2, 0.25) is 0 Å². The minimum Gasteiger partial charge on any atom is -0.348 e. The molecule has 3 aromatic rings. The molecule has 0 fully saturated rings. The molecule has 0 saturated heterocycles. The third kappa shape index (κ3) is 7.84. The smallest absolute Gasteiger partial charge is 0.244 e. The van der Waals surface area contributed by atoms with Crippen molar-refractivity contribution < 1.29 is 17.6 Å². The van der Waals surface area contributed by atoms with Crippen molar-refractivity contribution in [3.63, 3.8) is 0 Å². The molecule has 3 rings (SSSR count). The van der Waals surface area contributed by atoms with E-state index in [1.54, 1.807) is 12.1 Å². The lowest BCUT2D eigenvalue weighted by atomic mass is 10.0. The van der Waals surface area contributed by atoms with Crippen molar-refractivity contribution >= 4 is 27.7 Å². The van der Waals surface area contributed by atoms with Gasteiger partial charge in [-0.3, -0.25) is 14.5 Å². The lowest BCUT2D eigenvalue weighted by Gasteiger charge is -2.08. The summed E-state index contributed by atoms with van der Waals surface area (Å²) in [5.41, 5.74) is 4.29. The van der Waals surface area contributed by atoms with Gasteiger partial charge in [-0.2, -0.15) is 0 Å². The minimum absolute atomic E-state index is 0.103. The van der Waals surface area contributed by atoms with Crippen LogP contribution in [-0.2, 0) is 34.2 Å². The molecular weight excluding hydrogens is 441 g/mol. The Hall–Kier alpha value is -3.52. The third-order valence-corrected chi connectivity index (χ3v) is 5.44. The van der Waals surface area contributed by atoms with Gasteiger partial charge in [0.25, 0.3) is 0 Å². The molecule has 1 amide bonds. The van der Waals surface area contributed by atoms with E-state index in [4.69, 9.17) is 0 Å². The van der Waals surface area contributed by atoms with Crippen LogP contribution in [0, 0.1) is 12.7 Å². The number of benzene rings is 2. The molecule has 0 aliphatic carbocycles. The summed E-state index contributed by atoms with van der Waals surface area (Å²) in [5, 5.41) is 2.70. The lowest BCUT2D eigenvalue weighted by molar-refractivity contribution is -0.116. The molecule has 0 atom stereocenters. The predicted octanol–water partition coefficient (Wildman–Crippen LogP) is 4.02. The zero-order valence-corrected chi connectivity index (χ0v) is 19.3. The van der Waals surface area contributed by atoms with Crippen LogP contribution in [0.1, 0.15) is 28.1 Å². The topological polar surface area (TPSA) is 88.2 Å². The first-order valence-corrected chi connectivity index (χ1v) is 12.3. The number of halogens is 1. The van der Waals surface area contributed by atoms with Crippen LogP contribution in [0.4, 0.5) is 10.1 Å². The number of aromatic nitrogens is 1. The molecule has 2 aromatic carbocycles. The largest absolute Gasteiger partial charge is 0.348 e. The number of hydrogen-bond acceptors (Lipinski definition) is 4. The summed E-state index contributed by atoms with van der Waals surface area (Å²) < 4.78 is 38.7. The molecule has 6 nitrogen and oxygen atoms in total. The molecule has 172 valence electrons. The number of pyridine rings is 1. The van der Waals surface area contributed by atoms with Crippen molar-refractivity contribution in [3.8, 4) is 0 Å². The second-order valence-electron chi connectivity index (χ2n) is 7.71. The molecule has 1 heterocycles. The van der Waals surface area contributed by atoms with E-state index in [0.29, 0.717) is 5.56 Å². The first kappa shape index (κ1) is 24.1. The maximum absolute atomic E-state index is 14.1. The zero-order valence-electron chi connectivity index (χ0n) is 18.5. The van der Waals surface area contributed by atoms with Crippen molar-refractivity contribution in [2.75, 3.05) is 11.0 Å². The highest BCUT2D eigenvalue weighted by atomic mass is 32.2. The van der Waals surface area contributed by atoms with Gasteiger partial charge in [-0.05, 0) is 60.7 Å². The normalized spacial score (nSPS) is 11.5. The number of nitrogens with one attached hydrogen (secondary N) is 2. The Labute approximate surface area is 193 Å². The van der Waals surface area contributed by atoms with Gasteiger partial charge in [-0.25, -0.2) is 12.8 Å². The van der Waals surface area contributed by atoms with Gasteiger partial charge in [0.1, 0.15) is 5.82 Å². The van der Waals surface area contributed by atoms with Crippen molar-refractivity contribution in [2.45, 2.75) is 26.3 Å². The Morgan fingerprint density at radius 3 is 2.48 bits per heavy atom. The van der Waals surface area contributed by atoms with Crippen molar-refractivity contribution in [1.29, 1.82) is 0 Å². The van der Waals surface area contributed by atoms with Gasteiger partial charge in [0.2, 0.25) is 15.9 Å². The van der Waals surface area contributed by atoms with Crippen LogP contribution in [0.25, 0.3) is 6.08 Å². The highest BCUT2D eigenvalue weighted by Gasteiger charge is 2.09. The van der Waals surface area contributed by atoms with Gasteiger partial charge in [-0.1, -0.05) is 42.5 Å². The number of amides is 1. The number of anilines is 1. The van der Waals surface area contributed by atoms with E-state index in [1.807, 2.05) is 37.3 Å². The fourth-order valence-electron chi connectivity index (χ4n) is 3.25. The maximum Gasteiger partial charge on any atom is 0.244 e. The Kier molecular flexibility index (Phi) is 7.95. The monoisotopic (exact) mass is 467 g/mol. The Bertz CT molecular complexity index is 1260. The number of carbonyl (C=O) groups excluding carboxylic acids is 1. The fourth-order valence-corrected chi connectivity index (χ4v) is 3.81. The van der Waals surface area contributed by atoms with E-state index in [2.05, 4.69) is 27.2 Å². The number of rotatable bonds is 9. The fraction of sp³-hybridized carbons (Fsp3) is 0.200. The maximum atomic E-state index is 14.1. The Morgan fingerprint density at radius 2 is 1.79 bits per heavy atom. The summed E-state index contributed by atoms with van der Waals surface area (Å²) in [7, 11) is -3.57. The summed E-state index contributed by atoms with van der Waals surface area (Å²) in [4.78, 5) is 16.9. The van der Waals surface area contributed by atoms with E-state index < -0.39 is 15.8 Å². The van der Waals surface area contributed by atoms with Crippen LogP contribution in [0.15, 0.2) is 66.7 Å². The molecule has 0 aliphatic rings. The quantitative estimate of drug-likeness (QED) is 0.466. The van der Waals surface area contributed by atoms with Crippen molar-refractivity contribution in [3.05, 3.63) is 101 Å². The van der Waals surface area contributed by atoms with Gasteiger partial charge in [-0.15, -0.1) is 0 Å². The summed E-state index contributed by atoms with van der Waals surface area (Å²) >= 11 is 0. The molecule has 0 radical (unpaired) electrons. The average molecular weight is 468 g/mol. The minimum atomic E-state index is -3.57. The van der Waals surface area contributed by atoms with Crippen LogP contribution < -0.4 is 10.0 Å². The number of carbonyl (C=O) groups is 1. The first-order valence-electron chi connectivity index (χ1n) is 10.4. The molecule has 0 bridgehead atoms. The van der Waals surface area contributed by atoms with E-state index >= 15 is 0 Å². The molecule has 0 unspecified atom stereocenters. The molecule has 1 aromatic heterocycles. The molecule has 33 heavy (non-hydrogen) atoms. The summed E-state index contributed by atoms with van der Waals surface area (Å²) in [6.07, 6.45) is 5.69. The van der Waals surface area contributed by atoms with E-state index in [-0.39, 0.29) is 18.1 Å². The number of nitrogens with zero attached hydrogens (tertiary/aromatic N) is 1. The molecule has 0 saturated carbocycles. The molecular formula is C25H26FN3O3S. The third-order valence-electron chi connectivity index (χ3n) is 4.85. The van der Waals surface area contributed by atoms with Gasteiger partial charge in [0.05, 0.1) is 11.9 Å². The molecule has 0 spiro atoms. The second kappa shape index (κ2) is 10.9.